The number of fused-ring (bicyclic) bond motifs is 2. The highest BCUT2D eigenvalue weighted by molar-refractivity contribution is 5.97. The van der Waals surface area contributed by atoms with Gasteiger partial charge in [-0.05, 0) is 71.6 Å². The fourth-order valence-electron chi connectivity index (χ4n) is 4.47. The molecular formula is C23H26FN3O. The van der Waals surface area contributed by atoms with Gasteiger partial charge in [0.05, 0.1) is 17.4 Å². The van der Waals surface area contributed by atoms with Gasteiger partial charge in [-0.1, -0.05) is 26.8 Å². The van der Waals surface area contributed by atoms with E-state index in [4.69, 9.17) is 0 Å². The smallest absolute Gasteiger partial charge is 0.251 e. The molecule has 5 heteroatoms. The summed E-state index contributed by atoms with van der Waals surface area (Å²) in [5, 5.41) is 3.06. The van der Waals surface area contributed by atoms with E-state index in [1.165, 1.54) is 5.56 Å². The monoisotopic (exact) mass is 379 g/mol. The van der Waals surface area contributed by atoms with E-state index in [-0.39, 0.29) is 22.6 Å². The standard InChI is InChI=1S/C23H26FN3O/c1-22(2)9-8-15-12-17(24)5-6-18(15)23(22,3)10-11-25-21(28)16-4-7-19-20(13-16)27-14-26-19/h4-7,12-14H,8-11H2,1-3H3,(H,25,28)(H,26,27). The quantitative estimate of drug-likeness (QED) is 0.687. The van der Waals surface area contributed by atoms with Crippen LogP contribution in [0.1, 0.15) is 55.1 Å². The third kappa shape index (κ3) is 3.09. The Morgan fingerprint density at radius 2 is 2.04 bits per heavy atom. The molecule has 1 aromatic heterocycles. The fourth-order valence-corrected chi connectivity index (χ4v) is 4.47. The molecule has 0 fully saturated rings. The molecule has 2 N–H and O–H groups in total. The zero-order valence-electron chi connectivity index (χ0n) is 16.6. The van der Waals surface area contributed by atoms with E-state index in [2.05, 4.69) is 36.1 Å². The molecule has 1 amide bonds. The van der Waals surface area contributed by atoms with Crippen molar-refractivity contribution in [2.75, 3.05) is 6.54 Å². The van der Waals surface area contributed by atoms with Gasteiger partial charge < -0.3 is 10.3 Å². The number of carbonyl (C=O) groups is 1. The molecule has 0 saturated heterocycles. The van der Waals surface area contributed by atoms with Crippen molar-refractivity contribution in [1.29, 1.82) is 0 Å². The first-order valence-electron chi connectivity index (χ1n) is 9.80. The number of benzene rings is 2. The maximum absolute atomic E-state index is 13.7. The lowest BCUT2D eigenvalue weighted by Crippen LogP contribution is -2.45. The van der Waals surface area contributed by atoms with Crippen LogP contribution in [-0.2, 0) is 11.8 Å². The van der Waals surface area contributed by atoms with Gasteiger partial charge in [0.2, 0.25) is 0 Å². The van der Waals surface area contributed by atoms with Crippen LogP contribution in [0.2, 0.25) is 0 Å². The molecule has 28 heavy (non-hydrogen) atoms. The van der Waals surface area contributed by atoms with Crippen LogP contribution in [0.5, 0.6) is 0 Å². The van der Waals surface area contributed by atoms with Crippen molar-refractivity contribution >= 4 is 16.9 Å². The molecule has 0 saturated carbocycles. The van der Waals surface area contributed by atoms with Gasteiger partial charge in [-0.25, -0.2) is 9.37 Å². The Hall–Kier alpha value is -2.69. The van der Waals surface area contributed by atoms with Crippen LogP contribution in [-0.4, -0.2) is 22.4 Å². The first-order chi connectivity index (χ1) is 13.3. The van der Waals surface area contributed by atoms with Crippen LogP contribution in [0.3, 0.4) is 0 Å². The van der Waals surface area contributed by atoms with Gasteiger partial charge in [-0.2, -0.15) is 0 Å². The Morgan fingerprint density at radius 3 is 2.86 bits per heavy atom. The number of H-pyrrole nitrogens is 1. The number of carbonyl (C=O) groups excluding carboxylic acids is 1. The van der Waals surface area contributed by atoms with E-state index in [9.17, 15) is 9.18 Å². The van der Waals surface area contributed by atoms with E-state index in [0.29, 0.717) is 12.1 Å². The fraction of sp³-hybridized carbons (Fsp3) is 0.391. The highest BCUT2D eigenvalue weighted by atomic mass is 19.1. The number of hydrogen-bond acceptors (Lipinski definition) is 2. The van der Waals surface area contributed by atoms with Crippen LogP contribution >= 0.6 is 0 Å². The number of aromatic nitrogens is 2. The lowest BCUT2D eigenvalue weighted by Gasteiger charge is -2.49. The van der Waals surface area contributed by atoms with Crippen molar-refractivity contribution in [2.24, 2.45) is 5.41 Å². The molecular weight excluding hydrogens is 353 g/mol. The van der Waals surface area contributed by atoms with Crippen molar-refractivity contribution < 1.29 is 9.18 Å². The minimum Gasteiger partial charge on any atom is -0.352 e. The first kappa shape index (κ1) is 18.7. The number of amides is 1. The number of nitrogens with one attached hydrogen (secondary N) is 2. The summed E-state index contributed by atoms with van der Waals surface area (Å²) in [6.07, 6.45) is 4.33. The Morgan fingerprint density at radius 1 is 1.21 bits per heavy atom. The normalized spacial score (nSPS) is 20.7. The summed E-state index contributed by atoms with van der Waals surface area (Å²) in [6, 6.07) is 10.6. The summed E-state index contributed by atoms with van der Waals surface area (Å²) in [5.74, 6) is -0.267. The largest absolute Gasteiger partial charge is 0.352 e. The molecule has 4 nitrogen and oxygen atoms in total. The van der Waals surface area contributed by atoms with Crippen LogP contribution in [0.15, 0.2) is 42.7 Å². The van der Waals surface area contributed by atoms with Crippen LogP contribution in [0.4, 0.5) is 4.39 Å². The highest BCUT2D eigenvalue weighted by Gasteiger charge is 2.45. The van der Waals surface area contributed by atoms with Crippen LogP contribution in [0.25, 0.3) is 11.0 Å². The number of imidazole rings is 1. The Bertz CT molecular complexity index is 1040. The average molecular weight is 379 g/mol. The summed E-state index contributed by atoms with van der Waals surface area (Å²) in [5.41, 5.74) is 4.55. The number of hydrogen-bond donors (Lipinski definition) is 2. The van der Waals surface area contributed by atoms with Crippen molar-refractivity contribution in [3.05, 3.63) is 65.2 Å². The summed E-state index contributed by atoms with van der Waals surface area (Å²) in [4.78, 5) is 19.8. The second-order valence-corrected chi connectivity index (χ2v) is 8.66. The second-order valence-electron chi connectivity index (χ2n) is 8.66. The summed E-state index contributed by atoms with van der Waals surface area (Å²) >= 11 is 0. The third-order valence-electron chi connectivity index (χ3n) is 6.77. The lowest BCUT2D eigenvalue weighted by molar-refractivity contribution is 0.0932. The van der Waals surface area contributed by atoms with E-state index in [1.54, 1.807) is 24.5 Å². The van der Waals surface area contributed by atoms with Gasteiger partial charge >= 0.3 is 0 Å². The predicted octanol–water partition coefficient (Wildman–Crippen LogP) is 4.75. The van der Waals surface area contributed by atoms with Crippen molar-refractivity contribution in [1.82, 2.24) is 15.3 Å². The molecule has 1 atom stereocenters. The number of aromatic amines is 1. The van der Waals surface area contributed by atoms with Crippen LogP contribution in [0, 0.1) is 11.2 Å². The minimum absolute atomic E-state index is 0.0669. The van der Waals surface area contributed by atoms with E-state index in [1.807, 2.05) is 18.2 Å². The van der Waals surface area contributed by atoms with Gasteiger partial charge in [0.1, 0.15) is 5.82 Å². The zero-order chi connectivity index (χ0) is 19.9. The first-order valence-corrected chi connectivity index (χ1v) is 9.80. The third-order valence-corrected chi connectivity index (χ3v) is 6.77. The minimum atomic E-state index is -0.177. The number of halogens is 1. The SMILES string of the molecule is CC1(C)CCc2cc(F)ccc2C1(C)CCNC(=O)c1ccc2nc[nH]c2c1. The topological polar surface area (TPSA) is 57.8 Å². The molecule has 1 aliphatic rings. The summed E-state index contributed by atoms with van der Waals surface area (Å²) in [6.45, 7) is 7.35. The highest BCUT2D eigenvalue weighted by Crippen LogP contribution is 2.51. The number of nitrogens with zero attached hydrogens (tertiary/aromatic N) is 1. The average Bonchev–Trinajstić information content (AvgIpc) is 3.13. The molecule has 0 spiro atoms. The predicted molar refractivity (Wildman–Crippen MR) is 109 cm³/mol. The Kier molecular flexibility index (Phi) is 4.48. The van der Waals surface area contributed by atoms with Gasteiger partial charge in [-0.3, -0.25) is 4.79 Å². The maximum Gasteiger partial charge on any atom is 0.251 e. The number of aryl methyl sites for hydroxylation is 1. The van der Waals surface area contributed by atoms with Gasteiger partial charge in [-0.15, -0.1) is 0 Å². The van der Waals surface area contributed by atoms with E-state index < -0.39 is 0 Å². The van der Waals surface area contributed by atoms with Crippen LogP contribution < -0.4 is 5.32 Å². The molecule has 0 aliphatic heterocycles. The molecule has 0 radical (unpaired) electrons. The molecule has 146 valence electrons. The van der Waals surface area contributed by atoms with Gasteiger partial charge in [0.15, 0.2) is 0 Å². The maximum atomic E-state index is 13.7. The van der Waals surface area contributed by atoms with E-state index >= 15 is 0 Å². The lowest BCUT2D eigenvalue weighted by atomic mass is 9.55. The molecule has 4 rings (SSSR count). The van der Waals surface area contributed by atoms with Crippen molar-refractivity contribution in [2.45, 2.75) is 45.4 Å². The molecule has 1 unspecified atom stereocenters. The Labute approximate surface area is 164 Å². The Balaban J connectivity index is 1.51. The number of rotatable bonds is 4. The summed E-state index contributed by atoms with van der Waals surface area (Å²) in [7, 11) is 0. The molecule has 0 bridgehead atoms. The van der Waals surface area contributed by atoms with Gasteiger partial charge in [0, 0.05) is 12.1 Å². The van der Waals surface area contributed by atoms with Crippen molar-refractivity contribution in [3.8, 4) is 0 Å². The second kappa shape index (κ2) is 6.73. The van der Waals surface area contributed by atoms with Crippen molar-refractivity contribution in [3.63, 3.8) is 0 Å². The molecule has 1 heterocycles. The molecule has 1 aliphatic carbocycles. The summed E-state index contributed by atoms with van der Waals surface area (Å²) < 4.78 is 13.7. The molecule has 3 aromatic rings. The zero-order valence-corrected chi connectivity index (χ0v) is 16.6. The van der Waals surface area contributed by atoms with E-state index in [0.717, 1.165) is 35.9 Å². The van der Waals surface area contributed by atoms with Gasteiger partial charge in [0.25, 0.3) is 5.91 Å². The molecule has 2 aromatic carbocycles.